The van der Waals surface area contributed by atoms with Crippen molar-refractivity contribution in [1.82, 2.24) is 4.90 Å². The van der Waals surface area contributed by atoms with Crippen LogP contribution in [0.2, 0.25) is 0 Å². The second-order valence-electron chi connectivity index (χ2n) is 10.0. The first kappa shape index (κ1) is 22.2. The lowest BCUT2D eigenvalue weighted by molar-refractivity contribution is 0.00996. The van der Waals surface area contributed by atoms with Crippen LogP contribution in [-0.4, -0.2) is 41.6 Å². The van der Waals surface area contributed by atoms with E-state index >= 15 is 0 Å². The molecule has 2 aliphatic rings. The molecule has 170 valence electrons. The first-order chi connectivity index (χ1) is 15.1. The SMILES string of the molecule is COc1ccc(COc2cccc3c2CC2(CCN(C(=O)O)C(C(C)(C)C)C2)C3=O)cc1. The molecule has 2 atom stereocenters. The van der Waals surface area contributed by atoms with Gasteiger partial charge in [-0.1, -0.05) is 45.0 Å². The summed E-state index contributed by atoms with van der Waals surface area (Å²) in [5, 5.41) is 9.71. The first-order valence-corrected chi connectivity index (χ1v) is 11.1. The summed E-state index contributed by atoms with van der Waals surface area (Å²) < 4.78 is 11.4. The normalized spacial score (nSPS) is 22.7. The smallest absolute Gasteiger partial charge is 0.407 e. The number of amides is 1. The highest BCUT2D eigenvalue weighted by Gasteiger charge is 2.53. The van der Waals surface area contributed by atoms with E-state index in [0.29, 0.717) is 38.0 Å². The van der Waals surface area contributed by atoms with Crippen LogP contribution in [0.25, 0.3) is 0 Å². The molecule has 0 aromatic heterocycles. The van der Waals surface area contributed by atoms with Gasteiger partial charge in [-0.15, -0.1) is 0 Å². The summed E-state index contributed by atoms with van der Waals surface area (Å²) in [6, 6.07) is 13.2. The number of ether oxygens (including phenoxy) is 2. The van der Waals surface area contributed by atoms with Crippen molar-refractivity contribution in [1.29, 1.82) is 0 Å². The lowest BCUT2D eigenvalue weighted by Gasteiger charge is -2.48. The summed E-state index contributed by atoms with van der Waals surface area (Å²) in [5.74, 6) is 1.65. The molecule has 32 heavy (non-hydrogen) atoms. The van der Waals surface area contributed by atoms with E-state index in [1.807, 2.05) is 63.2 Å². The zero-order valence-corrected chi connectivity index (χ0v) is 19.2. The molecule has 1 saturated heterocycles. The van der Waals surface area contributed by atoms with Gasteiger partial charge in [-0.3, -0.25) is 4.79 Å². The maximum Gasteiger partial charge on any atom is 0.407 e. The van der Waals surface area contributed by atoms with Gasteiger partial charge >= 0.3 is 6.09 Å². The number of Topliss-reactive ketones (excluding diaryl/α,β-unsaturated/α-hetero) is 1. The molecule has 1 aliphatic heterocycles. The Labute approximate surface area is 189 Å². The molecule has 1 spiro atoms. The molecule has 2 aromatic carbocycles. The number of carboxylic acid groups (broad SMARTS) is 1. The molecular weight excluding hydrogens is 406 g/mol. The average molecular weight is 438 g/mol. The van der Waals surface area contributed by atoms with Crippen LogP contribution in [0.1, 0.15) is 55.1 Å². The van der Waals surface area contributed by atoms with Crippen molar-refractivity contribution in [3.63, 3.8) is 0 Å². The van der Waals surface area contributed by atoms with Crippen molar-refractivity contribution in [3.05, 3.63) is 59.2 Å². The molecule has 6 nitrogen and oxygen atoms in total. The minimum atomic E-state index is -0.911. The second-order valence-corrected chi connectivity index (χ2v) is 10.0. The Morgan fingerprint density at radius 3 is 2.53 bits per heavy atom. The molecule has 2 unspecified atom stereocenters. The molecular formula is C26H31NO5. The molecule has 0 saturated carbocycles. The van der Waals surface area contributed by atoms with Crippen molar-refractivity contribution in [2.24, 2.45) is 10.8 Å². The fourth-order valence-corrected chi connectivity index (χ4v) is 5.13. The molecule has 1 heterocycles. The standard InChI is InChI=1S/C26H31NO5/c1-25(2,3)22-15-26(12-13-27(22)24(29)30)14-20-19(23(26)28)6-5-7-21(20)32-16-17-8-10-18(31-4)11-9-17/h5-11,22H,12-16H2,1-4H3,(H,29,30). The Morgan fingerprint density at radius 2 is 1.91 bits per heavy atom. The van der Waals surface area contributed by atoms with Gasteiger partial charge in [0.2, 0.25) is 0 Å². The zero-order chi connectivity index (χ0) is 23.1. The van der Waals surface area contributed by atoms with Crippen LogP contribution < -0.4 is 9.47 Å². The minimum absolute atomic E-state index is 0.127. The van der Waals surface area contributed by atoms with Gasteiger partial charge in [0.05, 0.1) is 7.11 Å². The number of nitrogens with zero attached hydrogens (tertiary/aromatic N) is 1. The fourth-order valence-electron chi connectivity index (χ4n) is 5.13. The van der Waals surface area contributed by atoms with Gasteiger partial charge in [0.15, 0.2) is 5.78 Å². The molecule has 1 amide bonds. The van der Waals surface area contributed by atoms with E-state index in [1.54, 1.807) is 7.11 Å². The summed E-state index contributed by atoms with van der Waals surface area (Å²) in [6.45, 7) is 6.91. The molecule has 6 heteroatoms. The van der Waals surface area contributed by atoms with E-state index in [-0.39, 0.29) is 17.2 Å². The van der Waals surface area contributed by atoms with Crippen LogP contribution in [-0.2, 0) is 13.0 Å². The number of likely N-dealkylation sites (tertiary alicyclic amines) is 1. The number of benzene rings is 2. The van der Waals surface area contributed by atoms with E-state index in [0.717, 1.165) is 22.6 Å². The number of ketones is 1. The molecule has 0 radical (unpaired) electrons. The molecule has 1 N–H and O–H groups in total. The second kappa shape index (κ2) is 8.15. The van der Waals surface area contributed by atoms with Crippen LogP contribution in [0, 0.1) is 10.8 Å². The van der Waals surface area contributed by atoms with Gasteiger partial charge in [-0.25, -0.2) is 4.79 Å². The molecule has 2 aromatic rings. The van der Waals surface area contributed by atoms with Crippen LogP contribution in [0.15, 0.2) is 42.5 Å². The van der Waals surface area contributed by atoms with E-state index in [2.05, 4.69) is 0 Å². The van der Waals surface area contributed by atoms with Crippen LogP contribution in [0.3, 0.4) is 0 Å². The quantitative estimate of drug-likeness (QED) is 0.713. The Morgan fingerprint density at radius 1 is 1.19 bits per heavy atom. The monoisotopic (exact) mass is 437 g/mol. The third-order valence-corrected chi connectivity index (χ3v) is 6.96. The third-order valence-electron chi connectivity index (χ3n) is 6.96. The van der Waals surface area contributed by atoms with Gasteiger partial charge < -0.3 is 19.5 Å². The largest absolute Gasteiger partial charge is 0.497 e. The van der Waals surface area contributed by atoms with Crippen molar-refractivity contribution in [3.8, 4) is 11.5 Å². The minimum Gasteiger partial charge on any atom is -0.497 e. The number of hydrogen-bond donors (Lipinski definition) is 1. The van der Waals surface area contributed by atoms with E-state index < -0.39 is 11.5 Å². The van der Waals surface area contributed by atoms with Gasteiger partial charge in [-0.05, 0) is 48.4 Å². The average Bonchev–Trinajstić information content (AvgIpc) is 3.03. The summed E-state index contributed by atoms with van der Waals surface area (Å²) >= 11 is 0. The van der Waals surface area contributed by atoms with Gasteiger partial charge in [0, 0.05) is 29.1 Å². The van der Waals surface area contributed by atoms with Gasteiger partial charge in [0.1, 0.15) is 18.1 Å². The molecule has 4 rings (SSSR count). The number of methoxy groups -OCH3 is 1. The van der Waals surface area contributed by atoms with E-state index in [9.17, 15) is 14.7 Å². The highest BCUT2D eigenvalue weighted by atomic mass is 16.5. The highest BCUT2D eigenvalue weighted by Crippen LogP contribution is 2.51. The Kier molecular flexibility index (Phi) is 5.65. The summed E-state index contributed by atoms with van der Waals surface area (Å²) in [4.78, 5) is 26.9. The number of rotatable bonds is 4. The first-order valence-electron chi connectivity index (χ1n) is 11.1. The molecule has 0 bridgehead atoms. The Bertz CT molecular complexity index is 1020. The van der Waals surface area contributed by atoms with Crippen LogP contribution in [0.5, 0.6) is 11.5 Å². The lowest BCUT2D eigenvalue weighted by atomic mass is 9.67. The summed E-state index contributed by atoms with van der Waals surface area (Å²) in [7, 11) is 1.64. The van der Waals surface area contributed by atoms with Crippen molar-refractivity contribution >= 4 is 11.9 Å². The van der Waals surface area contributed by atoms with Crippen LogP contribution in [0.4, 0.5) is 4.79 Å². The molecule has 1 fully saturated rings. The number of fused-ring (bicyclic) bond motifs is 1. The number of carbonyl (C=O) groups excluding carboxylic acids is 1. The van der Waals surface area contributed by atoms with E-state index in [4.69, 9.17) is 9.47 Å². The van der Waals surface area contributed by atoms with Crippen molar-refractivity contribution < 1.29 is 24.2 Å². The third kappa shape index (κ3) is 3.94. The van der Waals surface area contributed by atoms with Crippen molar-refractivity contribution in [2.45, 2.75) is 52.7 Å². The zero-order valence-electron chi connectivity index (χ0n) is 19.2. The maximum absolute atomic E-state index is 13.6. The maximum atomic E-state index is 13.6. The van der Waals surface area contributed by atoms with E-state index in [1.165, 1.54) is 4.90 Å². The fraction of sp³-hybridized carbons (Fsp3) is 0.462. The van der Waals surface area contributed by atoms with Crippen LogP contribution >= 0.6 is 0 Å². The topological polar surface area (TPSA) is 76.1 Å². The predicted molar refractivity (Wildman–Crippen MR) is 121 cm³/mol. The summed E-state index contributed by atoms with van der Waals surface area (Å²) in [6.07, 6.45) is 0.761. The Hall–Kier alpha value is -3.02. The number of hydrogen-bond acceptors (Lipinski definition) is 4. The van der Waals surface area contributed by atoms with Crippen molar-refractivity contribution in [2.75, 3.05) is 13.7 Å². The lowest BCUT2D eigenvalue weighted by Crippen LogP contribution is -2.56. The molecule has 1 aliphatic carbocycles. The number of carbonyl (C=O) groups is 2. The highest BCUT2D eigenvalue weighted by molar-refractivity contribution is 6.05. The predicted octanol–water partition coefficient (Wildman–Crippen LogP) is 5.19. The number of piperidine rings is 1. The summed E-state index contributed by atoms with van der Waals surface area (Å²) in [5.41, 5.74) is 1.86. The Balaban J connectivity index is 1.57. The van der Waals surface area contributed by atoms with Gasteiger partial charge in [-0.2, -0.15) is 0 Å². The van der Waals surface area contributed by atoms with Gasteiger partial charge in [0.25, 0.3) is 0 Å².